The zero-order valence-electron chi connectivity index (χ0n) is 15.4. The van der Waals surface area contributed by atoms with Gasteiger partial charge < -0.3 is 14.5 Å². The third-order valence-electron chi connectivity index (χ3n) is 4.98. The highest BCUT2D eigenvalue weighted by molar-refractivity contribution is 6.03. The van der Waals surface area contributed by atoms with E-state index in [-0.39, 0.29) is 17.4 Å². The highest BCUT2D eigenvalue weighted by Crippen LogP contribution is 2.28. The van der Waals surface area contributed by atoms with Gasteiger partial charge in [0.2, 0.25) is 5.78 Å². The number of esters is 2. The number of aromatic nitrogens is 1. The molecule has 1 aliphatic rings. The topological polar surface area (TPSA) is 85.5 Å². The number of Topliss-reactive ketones (excluding diaryl/α,β-unsaturated/α-hetero) is 1. The molecule has 6 nitrogen and oxygen atoms in total. The number of ketones is 1. The van der Waals surface area contributed by atoms with Crippen molar-refractivity contribution in [3.05, 3.63) is 22.5 Å². The predicted molar refractivity (Wildman–Crippen MR) is 92.7 cm³/mol. The van der Waals surface area contributed by atoms with E-state index in [1.54, 1.807) is 20.8 Å². The van der Waals surface area contributed by atoms with Crippen LogP contribution in [0.1, 0.15) is 77.6 Å². The summed E-state index contributed by atoms with van der Waals surface area (Å²) in [5.74, 6) is -0.576. The van der Waals surface area contributed by atoms with E-state index in [1.165, 1.54) is 32.8 Å². The van der Waals surface area contributed by atoms with Gasteiger partial charge in [-0.3, -0.25) is 9.59 Å². The van der Waals surface area contributed by atoms with E-state index in [0.29, 0.717) is 29.2 Å². The Kier molecular flexibility index (Phi) is 6.39. The Hall–Kier alpha value is -2.11. The average Bonchev–Trinajstić information content (AvgIpc) is 3.19. The molecule has 0 aromatic carbocycles. The summed E-state index contributed by atoms with van der Waals surface area (Å²) in [6.45, 7) is 4.94. The monoisotopic (exact) mass is 349 g/mol. The molecule has 1 saturated carbocycles. The zero-order valence-corrected chi connectivity index (χ0v) is 15.4. The van der Waals surface area contributed by atoms with Crippen LogP contribution in [-0.4, -0.2) is 35.9 Å². The molecule has 25 heavy (non-hydrogen) atoms. The van der Waals surface area contributed by atoms with Crippen molar-refractivity contribution in [2.45, 2.75) is 65.4 Å². The average molecular weight is 349 g/mol. The van der Waals surface area contributed by atoms with Crippen molar-refractivity contribution in [1.82, 2.24) is 4.98 Å². The second kappa shape index (κ2) is 8.32. The lowest BCUT2D eigenvalue weighted by molar-refractivity contribution is -0.146. The fourth-order valence-electron chi connectivity index (χ4n) is 3.54. The molecule has 0 saturated heterocycles. The largest absolute Gasteiger partial charge is 0.465 e. The number of H-pyrrole nitrogens is 1. The first-order chi connectivity index (χ1) is 11.8. The van der Waals surface area contributed by atoms with Crippen LogP contribution in [0.2, 0.25) is 0 Å². The highest BCUT2D eigenvalue weighted by atomic mass is 16.5. The summed E-state index contributed by atoms with van der Waals surface area (Å²) in [4.78, 5) is 39.3. The van der Waals surface area contributed by atoms with E-state index in [1.807, 2.05) is 0 Å². The summed E-state index contributed by atoms with van der Waals surface area (Å²) < 4.78 is 10.0. The first kappa shape index (κ1) is 19.2. The van der Waals surface area contributed by atoms with Gasteiger partial charge in [0, 0.05) is 12.1 Å². The number of aryl methyl sites for hydroxylation is 1. The molecule has 0 aliphatic heterocycles. The Morgan fingerprint density at radius 2 is 1.84 bits per heavy atom. The quantitative estimate of drug-likeness (QED) is 0.601. The molecule has 1 N–H and O–H groups in total. The second-order valence-corrected chi connectivity index (χ2v) is 6.80. The summed E-state index contributed by atoms with van der Waals surface area (Å²) in [7, 11) is 1.30. The standard InChI is InChI=1S/C19H27NO5/c1-11-16(19(23)24-4)12(2)20-17(11)18(22)13(3)25-15(21)10-9-14-7-5-6-8-14/h13-14,20H,5-10H2,1-4H3. The Balaban J connectivity index is 1.97. The molecule has 1 heterocycles. The van der Waals surface area contributed by atoms with Gasteiger partial charge in [-0.2, -0.15) is 0 Å². The van der Waals surface area contributed by atoms with Gasteiger partial charge in [-0.1, -0.05) is 25.7 Å². The van der Waals surface area contributed by atoms with Gasteiger partial charge in [0.15, 0.2) is 6.10 Å². The summed E-state index contributed by atoms with van der Waals surface area (Å²) >= 11 is 0. The molecule has 0 amide bonds. The predicted octanol–water partition coefficient (Wildman–Crippen LogP) is 3.50. The lowest BCUT2D eigenvalue weighted by Gasteiger charge is -2.13. The van der Waals surface area contributed by atoms with Gasteiger partial charge >= 0.3 is 11.9 Å². The van der Waals surface area contributed by atoms with Crippen LogP contribution in [-0.2, 0) is 14.3 Å². The van der Waals surface area contributed by atoms with Crippen LogP contribution in [0.25, 0.3) is 0 Å². The zero-order chi connectivity index (χ0) is 18.6. The fraction of sp³-hybridized carbons (Fsp3) is 0.632. The first-order valence-corrected chi connectivity index (χ1v) is 8.86. The molecule has 2 rings (SSSR count). The van der Waals surface area contributed by atoms with Crippen LogP contribution in [0.3, 0.4) is 0 Å². The summed E-state index contributed by atoms with van der Waals surface area (Å²) in [6, 6.07) is 0. The maximum absolute atomic E-state index is 12.6. The van der Waals surface area contributed by atoms with Crippen molar-refractivity contribution in [3.63, 3.8) is 0 Å². The minimum absolute atomic E-state index is 0.286. The van der Waals surface area contributed by atoms with E-state index >= 15 is 0 Å². The molecule has 1 fully saturated rings. The number of hydrogen-bond acceptors (Lipinski definition) is 5. The number of aromatic amines is 1. The molecular formula is C19H27NO5. The molecule has 1 aromatic heterocycles. The van der Waals surface area contributed by atoms with Crippen molar-refractivity contribution < 1.29 is 23.9 Å². The minimum Gasteiger partial charge on any atom is -0.465 e. The number of carbonyl (C=O) groups is 3. The molecule has 1 atom stereocenters. The van der Waals surface area contributed by atoms with Gasteiger partial charge in [-0.05, 0) is 38.7 Å². The maximum Gasteiger partial charge on any atom is 0.339 e. The molecule has 138 valence electrons. The lowest BCUT2D eigenvalue weighted by atomic mass is 10.0. The number of ether oxygens (including phenoxy) is 2. The van der Waals surface area contributed by atoms with Crippen molar-refractivity contribution in [3.8, 4) is 0 Å². The number of carbonyl (C=O) groups excluding carboxylic acids is 3. The van der Waals surface area contributed by atoms with Gasteiger partial charge in [0.05, 0.1) is 18.4 Å². The Bertz CT molecular complexity index is 655. The SMILES string of the molecule is COC(=O)c1c(C)[nH]c(C(=O)C(C)OC(=O)CCC2CCCC2)c1C. The molecule has 0 bridgehead atoms. The smallest absolute Gasteiger partial charge is 0.339 e. The maximum atomic E-state index is 12.6. The van der Waals surface area contributed by atoms with Gasteiger partial charge in [0.1, 0.15) is 0 Å². The van der Waals surface area contributed by atoms with Crippen molar-refractivity contribution in [2.24, 2.45) is 5.92 Å². The number of methoxy groups -OCH3 is 1. The minimum atomic E-state index is -0.890. The molecular weight excluding hydrogens is 322 g/mol. The summed E-state index contributed by atoms with van der Waals surface area (Å²) in [6.07, 6.45) is 5.12. The Labute approximate surface area is 148 Å². The summed E-state index contributed by atoms with van der Waals surface area (Å²) in [5.41, 5.74) is 1.72. The van der Waals surface area contributed by atoms with Gasteiger partial charge in [-0.25, -0.2) is 4.79 Å². The molecule has 6 heteroatoms. The second-order valence-electron chi connectivity index (χ2n) is 6.80. The number of rotatable bonds is 7. The van der Waals surface area contributed by atoms with E-state index in [0.717, 1.165) is 6.42 Å². The van der Waals surface area contributed by atoms with Crippen LogP contribution in [0.5, 0.6) is 0 Å². The normalized spacial score (nSPS) is 15.8. The molecule has 1 aromatic rings. The first-order valence-electron chi connectivity index (χ1n) is 8.86. The number of nitrogens with one attached hydrogen (secondary N) is 1. The number of hydrogen-bond donors (Lipinski definition) is 1. The van der Waals surface area contributed by atoms with E-state index in [2.05, 4.69) is 4.98 Å². The Morgan fingerprint density at radius 1 is 1.20 bits per heavy atom. The molecule has 0 radical (unpaired) electrons. The van der Waals surface area contributed by atoms with Crippen LogP contribution >= 0.6 is 0 Å². The van der Waals surface area contributed by atoms with Crippen LogP contribution in [0.15, 0.2) is 0 Å². The molecule has 1 aliphatic carbocycles. The Morgan fingerprint density at radius 3 is 2.44 bits per heavy atom. The van der Waals surface area contributed by atoms with Gasteiger partial charge in [-0.15, -0.1) is 0 Å². The molecule has 0 spiro atoms. The van der Waals surface area contributed by atoms with Gasteiger partial charge in [0.25, 0.3) is 0 Å². The third-order valence-corrected chi connectivity index (χ3v) is 4.98. The van der Waals surface area contributed by atoms with Crippen molar-refractivity contribution in [2.75, 3.05) is 7.11 Å². The van der Waals surface area contributed by atoms with Crippen molar-refractivity contribution >= 4 is 17.7 Å². The van der Waals surface area contributed by atoms with Crippen LogP contribution in [0.4, 0.5) is 0 Å². The lowest BCUT2D eigenvalue weighted by Crippen LogP contribution is -2.25. The summed E-state index contributed by atoms with van der Waals surface area (Å²) in [5, 5.41) is 0. The van der Waals surface area contributed by atoms with Crippen LogP contribution < -0.4 is 0 Å². The fourth-order valence-corrected chi connectivity index (χ4v) is 3.54. The van der Waals surface area contributed by atoms with E-state index in [4.69, 9.17) is 9.47 Å². The van der Waals surface area contributed by atoms with E-state index < -0.39 is 12.1 Å². The van der Waals surface area contributed by atoms with Crippen molar-refractivity contribution in [1.29, 1.82) is 0 Å². The third kappa shape index (κ3) is 4.50. The highest BCUT2D eigenvalue weighted by Gasteiger charge is 2.27. The van der Waals surface area contributed by atoms with Crippen LogP contribution in [0, 0.1) is 19.8 Å². The van der Waals surface area contributed by atoms with E-state index in [9.17, 15) is 14.4 Å². The molecule has 1 unspecified atom stereocenters.